The third-order valence-corrected chi connectivity index (χ3v) is 9.56. The Morgan fingerprint density at radius 2 is 1.37 bits per heavy atom. The van der Waals surface area contributed by atoms with Gasteiger partial charge in [-0.15, -0.1) is 0 Å². The van der Waals surface area contributed by atoms with Gasteiger partial charge < -0.3 is 10.2 Å². The highest BCUT2D eigenvalue weighted by atomic mass is 35.5. The fourth-order valence-electron chi connectivity index (χ4n) is 4.47. The Labute approximate surface area is 271 Å². The Morgan fingerprint density at radius 3 is 1.95 bits per heavy atom. The van der Waals surface area contributed by atoms with Gasteiger partial charge in [-0.3, -0.25) is 13.9 Å². The molecule has 0 bridgehead atoms. The highest BCUT2D eigenvalue weighted by molar-refractivity contribution is 7.92. The lowest BCUT2D eigenvalue weighted by atomic mass is 10.0. The molecule has 0 aliphatic carbocycles. The minimum atomic E-state index is -4.30. The highest BCUT2D eigenvalue weighted by Gasteiger charge is 2.35. The van der Waals surface area contributed by atoms with Crippen molar-refractivity contribution in [1.29, 1.82) is 0 Å². The molecule has 0 aromatic heterocycles. The van der Waals surface area contributed by atoms with Crippen LogP contribution in [0.3, 0.4) is 0 Å². The quantitative estimate of drug-likeness (QED) is 0.187. The van der Waals surface area contributed by atoms with Crippen LogP contribution in [0.2, 0.25) is 20.1 Å². The number of anilines is 1. The van der Waals surface area contributed by atoms with Gasteiger partial charge in [0.2, 0.25) is 11.8 Å². The molecule has 224 valence electrons. The van der Waals surface area contributed by atoms with E-state index in [9.17, 15) is 18.0 Å². The van der Waals surface area contributed by atoms with Crippen molar-refractivity contribution in [3.63, 3.8) is 0 Å². The van der Waals surface area contributed by atoms with Gasteiger partial charge in [-0.05, 0) is 53.6 Å². The normalized spacial score (nSPS) is 11.9. The summed E-state index contributed by atoms with van der Waals surface area (Å²) in [4.78, 5) is 28.9. The summed E-state index contributed by atoms with van der Waals surface area (Å²) in [5, 5.41) is 3.64. The van der Waals surface area contributed by atoms with Crippen molar-refractivity contribution in [3.8, 4) is 0 Å². The summed E-state index contributed by atoms with van der Waals surface area (Å²) >= 11 is 25.2. The first-order chi connectivity index (χ1) is 20.5. The number of nitrogens with one attached hydrogen (secondary N) is 1. The van der Waals surface area contributed by atoms with Gasteiger partial charge in [0.15, 0.2) is 0 Å². The molecule has 0 aliphatic rings. The molecule has 0 aliphatic heterocycles. The zero-order valence-corrected chi connectivity index (χ0v) is 26.7. The van der Waals surface area contributed by atoms with Crippen molar-refractivity contribution in [2.24, 2.45) is 0 Å². The fourth-order valence-corrected chi connectivity index (χ4v) is 6.95. The van der Waals surface area contributed by atoms with Gasteiger partial charge in [0, 0.05) is 35.1 Å². The molecule has 4 aromatic carbocycles. The predicted molar refractivity (Wildman–Crippen MR) is 172 cm³/mol. The molecule has 12 heteroatoms. The maximum absolute atomic E-state index is 14.3. The second kappa shape index (κ2) is 14.5. The van der Waals surface area contributed by atoms with Crippen LogP contribution < -0.4 is 9.62 Å². The molecule has 1 unspecified atom stereocenters. The molecule has 4 aromatic rings. The second-order valence-corrected chi connectivity index (χ2v) is 13.0. The van der Waals surface area contributed by atoms with Crippen molar-refractivity contribution < 1.29 is 18.0 Å². The smallest absolute Gasteiger partial charge is 0.264 e. The molecule has 0 saturated carbocycles. The number of carbonyl (C=O) groups excluding carboxylic acids is 2. The van der Waals surface area contributed by atoms with Crippen molar-refractivity contribution in [2.75, 3.05) is 17.9 Å². The topological polar surface area (TPSA) is 86.8 Å². The van der Waals surface area contributed by atoms with Crippen LogP contribution in [0.1, 0.15) is 11.1 Å². The Bertz CT molecular complexity index is 1710. The Hall–Kier alpha value is -3.27. The average molecular weight is 679 g/mol. The number of amides is 2. The summed E-state index contributed by atoms with van der Waals surface area (Å²) in [5.41, 5.74) is 1.36. The minimum Gasteiger partial charge on any atom is -0.357 e. The van der Waals surface area contributed by atoms with Crippen molar-refractivity contribution >= 4 is 73.9 Å². The van der Waals surface area contributed by atoms with Crippen LogP contribution in [0.4, 0.5) is 5.69 Å². The molecule has 0 spiro atoms. The van der Waals surface area contributed by atoms with Gasteiger partial charge in [0.25, 0.3) is 10.0 Å². The predicted octanol–water partition coefficient (Wildman–Crippen LogP) is 6.88. The summed E-state index contributed by atoms with van der Waals surface area (Å²) in [5.74, 6) is -1.11. The molecular weight excluding hydrogens is 652 g/mol. The lowest BCUT2D eigenvalue weighted by Gasteiger charge is -2.34. The molecule has 0 fully saturated rings. The number of hydrogen-bond donors (Lipinski definition) is 1. The Kier molecular flexibility index (Phi) is 11.0. The van der Waals surface area contributed by atoms with E-state index in [0.29, 0.717) is 15.6 Å². The van der Waals surface area contributed by atoms with Crippen molar-refractivity contribution in [3.05, 3.63) is 128 Å². The van der Waals surface area contributed by atoms with E-state index >= 15 is 0 Å². The second-order valence-electron chi connectivity index (χ2n) is 9.50. The van der Waals surface area contributed by atoms with Crippen molar-refractivity contribution in [1.82, 2.24) is 10.2 Å². The summed E-state index contributed by atoms with van der Waals surface area (Å²) in [6, 6.07) is 25.0. The third-order valence-electron chi connectivity index (χ3n) is 6.66. The summed E-state index contributed by atoms with van der Waals surface area (Å²) in [7, 11) is -2.83. The lowest BCUT2D eigenvalue weighted by Crippen LogP contribution is -2.53. The SMILES string of the molecule is CNC(=O)C(Cc1ccccc1)N(Cc1ccc(Cl)cc1Cl)C(=O)CN(c1ccc(Cl)cc1Cl)S(=O)(=O)c1ccccc1. The van der Waals surface area contributed by atoms with Crippen LogP contribution in [0.15, 0.2) is 102 Å². The van der Waals surface area contributed by atoms with Gasteiger partial charge in [-0.1, -0.05) is 101 Å². The number of nitrogens with zero attached hydrogens (tertiary/aromatic N) is 2. The average Bonchev–Trinajstić information content (AvgIpc) is 2.99. The van der Waals surface area contributed by atoms with E-state index < -0.39 is 34.4 Å². The number of likely N-dealkylation sites (N-methyl/N-ethyl adjacent to an activating group) is 1. The van der Waals surface area contributed by atoms with Gasteiger partial charge in [0.1, 0.15) is 12.6 Å². The van der Waals surface area contributed by atoms with Crippen LogP contribution in [0, 0.1) is 0 Å². The van der Waals surface area contributed by atoms with Gasteiger partial charge in [-0.2, -0.15) is 0 Å². The van der Waals surface area contributed by atoms with E-state index in [-0.39, 0.29) is 33.6 Å². The molecule has 7 nitrogen and oxygen atoms in total. The van der Waals surface area contributed by atoms with Gasteiger partial charge in [0.05, 0.1) is 15.6 Å². The maximum atomic E-state index is 14.3. The summed E-state index contributed by atoms with van der Waals surface area (Å²) in [6.45, 7) is -0.778. The number of hydrogen-bond acceptors (Lipinski definition) is 4. The van der Waals surface area contributed by atoms with Crippen LogP contribution in [-0.4, -0.2) is 44.8 Å². The van der Waals surface area contributed by atoms with Crippen LogP contribution >= 0.6 is 46.4 Å². The molecule has 0 radical (unpaired) electrons. The monoisotopic (exact) mass is 677 g/mol. The fraction of sp³-hybridized carbons (Fsp3) is 0.161. The van der Waals surface area contributed by atoms with Crippen LogP contribution in [0.25, 0.3) is 0 Å². The summed E-state index contributed by atoms with van der Waals surface area (Å²) in [6.07, 6.45) is 0.157. The number of carbonyl (C=O) groups is 2. The van der Waals surface area contributed by atoms with E-state index in [0.717, 1.165) is 9.87 Å². The number of sulfonamides is 1. The molecule has 0 saturated heterocycles. The third kappa shape index (κ3) is 8.02. The highest BCUT2D eigenvalue weighted by Crippen LogP contribution is 2.33. The molecule has 0 heterocycles. The van der Waals surface area contributed by atoms with E-state index in [4.69, 9.17) is 46.4 Å². The zero-order valence-electron chi connectivity index (χ0n) is 22.9. The molecule has 4 rings (SSSR count). The molecule has 1 N–H and O–H groups in total. The molecule has 2 amide bonds. The first-order valence-electron chi connectivity index (χ1n) is 13.0. The standard InChI is InChI=1S/C31H27Cl4N3O4S/c1-36-31(40)29(16-21-8-4-2-5-9-21)37(19-22-12-13-23(32)17-26(22)34)30(39)20-38(28-15-14-24(33)18-27(28)35)43(41,42)25-10-6-3-7-11-25/h2-15,17-18,29H,16,19-20H2,1H3,(H,36,40). The lowest BCUT2D eigenvalue weighted by molar-refractivity contribution is -0.139. The number of benzene rings is 4. The number of rotatable bonds is 11. The Morgan fingerprint density at radius 1 is 0.791 bits per heavy atom. The van der Waals surface area contributed by atoms with E-state index in [1.165, 1.54) is 48.3 Å². The zero-order chi connectivity index (χ0) is 31.1. The molecule has 43 heavy (non-hydrogen) atoms. The number of halogens is 4. The summed E-state index contributed by atoms with van der Waals surface area (Å²) < 4.78 is 28.9. The van der Waals surface area contributed by atoms with Crippen molar-refractivity contribution in [2.45, 2.75) is 23.9 Å². The van der Waals surface area contributed by atoms with Crippen LogP contribution in [-0.2, 0) is 32.6 Å². The van der Waals surface area contributed by atoms with E-state index in [1.807, 2.05) is 30.3 Å². The van der Waals surface area contributed by atoms with E-state index in [2.05, 4.69) is 5.32 Å². The Balaban J connectivity index is 1.82. The van der Waals surface area contributed by atoms with Gasteiger partial charge in [-0.25, -0.2) is 8.42 Å². The minimum absolute atomic E-state index is 0.0271. The van der Waals surface area contributed by atoms with Gasteiger partial charge >= 0.3 is 0 Å². The largest absolute Gasteiger partial charge is 0.357 e. The molecular formula is C31H27Cl4N3O4S. The van der Waals surface area contributed by atoms with Crippen LogP contribution in [0.5, 0.6) is 0 Å². The first-order valence-corrected chi connectivity index (χ1v) is 16.0. The molecule has 1 atom stereocenters. The van der Waals surface area contributed by atoms with E-state index in [1.54, 1.807) is 30.3 Å². The maximum Gasteiger partial charge on any atom is 0.264 e. The first kappa shape index (κ1) is 32.6.